The standard InChI is InChI=1S/C13H20N2O3/c1-10(11-5-3-4-6-12(11)16)15-9-13(17)14-7-8-18-2/h3-6,10,15-16H,7-9H2,1-2H3,(H,14,17). The molecule has 1 aromatic carbocycles. The molecule has 100 valence electrons. The van der Waals surface area contributed by atoms with E-state index >= 15 is 0 Å². The highest BCUT2D eigenvalue weighted by atomic mass is 16.5. The smallest absolute Gasteiger partial charge is 0.234 e. The number of benzene rings is 1. The Bertz CT molecular complexity index is 382. The van der Waals surface area contributed by atoms with E-state index in [2.05, 4.69) is 10.6 Å². The van der Waals surface area contributed by atoms with Crippen molar-refractivity contribution < 1.29 is 14.6 Å². The van der Waals surface area contributed by atoms with Gasteiger partial charge in [-0.1, -0.05) is 18.2 Å². The van der Waals surface area contributed by atoms with Gasteiger partial charge in [-0.15, -0.1) is 0 Å². The minimum atomic E-state index is -0.0886. The van der Waals surface area contributed by atoms with Crippen molar-refractivity contribution in [2.45, 2.75) is 13.0 Å². The van der Waals surface area contributed by atoms with Crippen LogP contribution >= 0.6 is 0 Å². The minimum absolute atomic E-state index is 0.0839. The molecule has 0 aliphatic heterocycles. The van der Waals surface area contributed by atoms with Gasteiger partial charge in [-0.25, -0.2) is 0 Å². The van der Waals surface area contributed by atoms with Crippen LogP contribution < -0.4 is 10.6 Å². The number of phenols is 1. The summed E-state index contributed by atoms with van der Waals surface area (Å²) in [5.41, 5.74) is 0.780. The molecule has 5 heteroatoms. The molecule has 0 bridgehead atoms. The number of hydrogen-bond acceptors (Lipinski definition) is 4. The molecule has 3 N–H and O–H groups in total. The average molecular weight is 252 g/mol. The van der Waals surface area contributed by atoms with Crippen LogP contribution in [0.2, 0.25) is 0 Å². The van der Waals surface area contributed by atoms with Gasteiger partial charge in [-0.2, -0.15) is 0 Å². The van der Waals surface area contributed by atoms with Crippen LogP contribution in [0.25, 0.3) is 0 Å². The molecule has 0 aromatic heterocycles. The minimum Gasteiger partial charge on any atom is -0.508 e. The predicted octanol–water partition coefficient (Wildman–Crippen LogP) is 0.805. The predicted molar refractivity (Wildman–Crippen MR) is 69.4 cm³/mol. The Hall–Kier alpha value is -1.59. The molecule has 0 saturated carbocycles. The van der Waals surface area contributed by atoms with Crippen molar-refractivity contribution in [1.29, 1.82) is 0 Å². The van der Waals surface area contributed by atoms with Crippen molar-refractivity contribution in [2.24, 2.45) is 0 Å². The topological polar surface area (TPSA) is 70.6 Å². The summed E-state index contributed by atoms with van der Waals surface area (Å²) in [6.07, 6.45) is 0. The maximum absolute atomic E-state index is 11.4. The molecular weight excluding hydrogens is 232 g/mol. The average Bonchev–Trinajstić information content (AvgIpc) is 2.37. The van der Waals surface area contributed by atoms with E-state index in [4.69, 9.17) is 4.74 Å². The Morgan fingerprint density at radius 3 is 2.83 bits per heavy atom. The largest absolute Gasteiger partial charge is 0.508 e. The Kier molecular flexibility index (Phi) is 6.18. The lowest BCUT2D eigenvalue weighted by molar-refractivity contribution is -0.120. The quantitative estimate of drug-likeness (QED) is 0.628. The van der Waals surface area contributed by atoms with Crippen LogP contribution in [0.4, 0.5) is 0 Å². The van der Waals surface area contributed by atoms with Gasteiger partial charge in [0.1, 0.15) is 5.75 Å². The first-order valence-corrected chi connectivity index (χ1v) is 5.92. The highest BCUT2D eigenvalue weighted by Gasteiger charge is 2.10. The Morgan fingerprint density at radius 2 is 2.17 bits per heavy atom. The molecule has 0 saturated heterocycles. The van der Waals surface area contributed by atoms with Gasteiger partial charge in [-0.05, 0) is 13.0 Å². The summed E-state index contributed by atoms with van der Waals surface area (Å²) >= 11 is 0. The summed E-state index contributed by atoms with van der Waals surface area (Å²) in [6.45, 7) is 3.11. The van der Waals surface area contributed by atoms with Gasteiger partial charge >= 0.3 is 0 Å². The summed E-state index contributed by atoms with van der Waals surface area (Å²) in [5, 5.41) is 15.4. The normalized spacial score (nSPS) is 12.1. The number of para-hydroxylation sites is 1. The van der Waals surface area contributed by atoms with E-state index in [-0.39, 0.29) is 24.2 Å². The van der Waals surface area contributed by atoms with E-state index in [9.17, 15) is 9.90 Å². The Morgan fingerprint density at radius 1 is 1.44 bits per heavy atom. The number of carbonyl (C=O) groups excluding carboxylic acids is 1. The van der Waals surface area contributed by atoms with Crippen LogP contribution in [0.15, 0.2) is 24.3 Å². The zero-order valence-electron chi connectivity index (χ0n) is 10.8. The number of methoxy groups -OCH3 is 1. The summed E-state index contributed by atoms with van der Waals surface area (Å²) in [7, 11) is 1.59. The first-order valence-electron chi connectivity index (χ1n) is 5.92. The maximum Gasteiger partial charge on any atom is 0.234 e. The molecule has 1 aromatic rings. The van der Waals surface area contributed by atoms with Crippen LogP contribution in [-0.4, -0.2) is 37.8 Å². The van der Waals surface area contributed by atoms with E-state index < -0.39 is 0 Å². The summed E-state index contributed by atoms with van der Waals surface area (Å²) < 4.78 is 4.83. The van der Waals surface area contributed by atoms with Crippen molar-refractivity contribution in [1.82, 2.24) is 10.6 Å². The van der Waals surface area contributed by atoms with Crippen molar-refractivity contribution in [3.63, 3.8) is 0 Å². The van der Waals surface area contributed by atoms with E-state index in [1.807, 2.05) is 19.1 Å². The fourth-order valence-corrected chi connectivity index (χ4v) is 1.56. The highest BCUT2D eigenvalue weighted by molar-refractivity contribution is 5.78. The van der Waals surface area contributed by atoms with E-state index in [0.29, 0.717) is 13.2 Å². The van der Waals surface area contributed by atoms with Gasteiger partial charge in [0.2, 0.25) is 5.91 Å². The summed E-state index contributed by atoms with van der Waals surface area (Å²) in [6, 6.07) is 7.00. The van der Waals surface area contributed by atoms with Gasteiger partial charge in [0.15, 0.2) is 0 Å². The second-order valence-electron chi connectivity index (χ2n) is 4.00. The third-order valence-corrected chi connectivity index (χ3v) is 2.60. The lowest BCUT2D eigenvalue weighted by atomic mass is 10.1. The molecule has 0 fully saturated rings. The molecule has 1 atom stereocenters. The van der Waals surface area contributed by atoms with Crippen molar-refractivity contribution in [3.05, 3.63) is 29.8 Å². The number of ether oxygens (including phenoxy) is 1. The third kappa shape index (κ3) is 4.73. The first-order chi connectivity index (χ1) is 8.65. The van der Waals surface area contributed by atoms with Gasteiger partial charge in [0.05, 0.1) is 13.2 Å². The van der Waals surface area contributed by atoms with Gasteiger partial charge in [0, 0.05) is 25.3 Å². The number of rotatable bonds is 7. The van der Waals surface area contributed by atoms with Crippen LogP contribution in [-0.2, 0) is 9.53 Å². The number of carbonyl (C=O) groups is 1. The summed E-state index contributed by atoms with van der Waals surface area (Å²) in [5.74, 6) is 0.145. The van der Waals surface area contributed by atoms with Gasteiger partial charge in [-0.3, -0.25) is 4.79 Å². The van der Waals surface area contributed by atoms with Gasteiger partial charge in [0.25, 0.3) is 0 Å². The molecule has 1 unspecified atom stereocenters. The second kappa shape index (κ2) is 7.68. The fourth-order valence-electron chi connectivity index (χ4n) is 1.56. The lowest BCUT2D eigenvalue weighted by Crippen LogP contribution is -2.36. The SMILES string of the molecule is COCCNC(=O)CNC(C)c1ccccc1O. The van der Waals surface area contributed by atoms with Crippen molar-refractivity contribution in [3.8, 4) is 5.75 Å². The number of amides is 1. The zero-order chi connectivity index (χ0) is 13.4. The zero-order valence-corrected chi connectivity index (χ0v) is 10.8. The molecule has 0 aliphatic carbocycles. The van der Waals surface area contributed by atoms with Crippen LogP contribution in [0.3, 0.4) is 0 Å². The van der Waals surface area contributed by atoms with Crippen LogP contribution in [0, 0.1) is 0 Å². The number of nitrogens with one attached hydrogen (secondary N) is 2. The third-order valence-electron chi connectivity index (χ3n) is 2.60. The molecule has 5 nitrogen and oxygen atoms in total. The first kappa shape index (κ1) is 14.5. The van der Waals surface area contributed by atoms with E-state index in [1.165, 1.54) is 0 Å². The molecule has 0 radical (unpaired) electrons. The number of hydrogen-bond donors (Lipinski definition) is 3. The Labute approximate surface area is 107 Å². The Balaban J connectivity index is 2.35. The van der Waals surface area contributed by atoms with Gasteiger partial charge < -0.3 is 20.5 Å². The monoisotopic (exact) mass is 252 g/mol. The fraction of sp³-hybridized carbons (Fsp3) is 0.462. The molecular formula is C13H20N2O3. The molecule has 18 heavy (non-hydrogen) atoms. The molecule has 1 amide bonds. The lowest BCUT2D eigenvalue weighted by Gasteiger charge is -2.15. The molecule has 1 rings (SSSR count). The molecule has 0 spiro atoms. The van der Waals surface area contributed by atoms with E-state index in [0.717, 1.165) is 5.56 Å². The van der Waals surface area contributed by atoms with Crippen LogP contribution in [0.5, 0.6) is 5.75 Å². The number of phenolic OH excluding ortho intramolecular Hbond substituents is 1. The van der Waals surface area contributed by atoms with Crippen molar-refractivity contribution in [2.75, 3.05) is 26.8 Å². The van der Waals surface area contributed by atoms with Crippen LogP contribution in [0.1, 0.15) is 18.5 Å². The summed E-state index contributed by atoms with van der Waals surface area (Å²) in [4.78, 5) is 11.4. The maximum atomic E-state index is 11.4. The second-order valence-corrected chi connectivity index (χ2v) is 4.00. The highest BCUT2D eigenvalue weighted by Crippen LogP contribution is 2.22. The molecule has 0 heterocycles. The molecule has 0 aliphatic rings. The van der Waals surface area contributed by atoms with E-state index in [1.54, 1.807) is 19.2 Å². The number of aromatic hydroxyl groups is 1. The van der Waals surface area contributed by atoms with Crippen molar-refractivity contribution >= 4 is 5.91 Å².